The first-order valence-electron chi connectivity index (χ1n) is 9.12. The van der Waals surface area contributed by atoms with Crippen LogP contribution >= 0.6 is 0 Å². The smallest absolute Gasteiger partial charge is 0.305 e. The van der Waals surface area contributed by atoms with E-state index in [2.05, 4.69) is 13.8 Å². The summed E-state index contributed by atoms with van der Waals surface area (Å²) in [5.41, 5.74) is 0. The Kier molecular flexibility index (Phi) is 17.9. The maximum Gasteiger partial charge on any atom is 0.305 e. The summed E-state index contributed by atoms with van der Waals surface area (Å²) >= 11 is 0. The highest BCUT2D eigenvalue weighted by molar-refractivity contribution is 5.69. The number of esters is 1. The Morgan fingerprint density at radius 2 is 1.18 bits per heavy atom. The monoisotopic (exact) mass is 316 g/mol. The van der Waals surface area contributed by atoms with Gasteiger partial charge >= 0.3 is 5.97 Å². The average Bonchev–Trinajstić information content (AvgIpc) is 2.52. The van der Waals surface area contributed by atoms with Crippen LogP contribution in [0.15, 0.2) is 0 Å². The molecule has 0 unspecified atom stereocenters. The van der Waals surface area contributed by atoms with Gasteiger partial charge in [0.05, 0.1) is 19.8 Å². The van der Waals surface area contributed by atoms with Crippen LogP contribution in [0.4, 0.5) is 0 Å². The number of hydrogen-bond donors (Lipinski definition) is 0. The first-order valence-corrected chi connectivity index (χ1v) is 9.12. The van der Waals surface area contributed by atoms with Gasteiger partial charge < -0.3 is 14.2 Å². The predicted molar refractivity (Wildman–Crippen MR) is 90.1 cm³/mol. The van der Waals surface area contributed by atoms with E-state index >= 15 is 0 Å². The average molecular weight is 316 g/mol. The van der Waals surface area contributed by atoms with E-state index in [4.69, 9.17) is 14.2 Å². The van der Waals surface area contributed by atoms with Crippen molar-refractivity contribution in [3.63, 3.8) is 0 Å². The van der Waals surface area contributed by atoms with Crippen LogP contribution in [0.25, 0.3) is 0 Å². The number of carbonyl (C=O) groups is 1. The van der Waals surface area contributed by atoms with Crippen molar-refractivity contribution in [2.24, 2.45) is 0 Å². The van der Waals surface area contributed by atoms with E-state index < -0.39 is 0 Å². The largest absolute Gasteiger partial charge is 0.463 e. The molecule has 22 heavy (non-hydrogen) atoms. The van der Waals surface area contributed by atoms with Gasteiger partial charge in [0.1, 0.15) is 6.61 Å². The van der Waals surface area contributed by atoms with E-state index in [0.29, 0.717) is 32.8 Å². The fourth-order valence-corrected chi connectivity index (χ4v) is 2.11. The number of hydrogen-bond acceptors (Lipinski definition) is 4. The lowest BCUT2D eigenvalue weighted by Crippen LogP contribution is -2.13. The third kappa shape index (κ3) is 17.4. The van der Waals surface area contributed by atoms with Crippen LogP contribution in [-0.2, 0) is 19.0 Å². The summed E-state index contributed by atoms with van der Waals surface area (Å²) in [6, 6.07) is 0. The normalized spacial score (nSPS) is 10.8. The molecule has 0 amide bonds. The van der Waals surface area contributed by atoms with E-state index in [0.717, 1.165) is 25.9 Å². The molecule has 0 aliphatic carbocycles. The molecule has 0 atom stereocenters. The van der Waals surface area contributed by atoms with E-state index in [-0.39, 0.29) is 5.97 Å². The van der Waals surface area contributed by atoms with Crippen molar-refractivity contribution in [3.05, 3.63) is 0 Å². The van der Waals surface area contributed by atoms with Crippen molar-refractivity contribution in [1.82, 2.24) is 0 Å². The molecule has 0 aliphatic rings. The molecular weight excluding hydrogens is 280 g/mol. The second-order valence-corrected chi connectivity index (χ2v) is 5.67. The Morgan fingerprint density at radius 3 is 1.86 bits per heavy atom. The molecule has 0 heterocycles. The number of carbonyl (C=O) groups excluding carboxylic acids is 1. The van der Waals surface area contributed by atoms with Gasteiger partial charge in [-0.2, -0.15) is 0 Å². The van der Waals surface area contributed by atoms with Crippen molar-refractivity contribution < 1.29 is 19.0 Å². The van der Waals surface area contributed by atoms with Gasteiger partial charge in [0, 0.05) is 13.0 Å². The molecule has 0 aromatic rings. The van der Waals surface area contributed by atoms with Crippen LogP contribution < -0.4 is 0 Å². The molecule has 4 nitrogen and oxygen atoms in total. The topological polar surface area (TPSA) is 44.8 Å². The summed E-state index contributed by atoms with van der Waals surface area (Å²) < 4.78 is 16.0. The van der Waals surface area contributed by atoms with Crippen molar-refractivity contribution >= 4 is 5.97 Å². The van der Waals surface area contributed by atoms with E-state index in [1.807, 2.05) is 0 Å². The van der Waals surface area contributed by atoms with Gasteiger partial charge in [-0.3, -0.25) is 4.79 Å². The summed E-state index contributed by atoms with van der Waals surface area (Å²) in [5, 5.41) is 0. The van der Waals surface area contributed by atoms with Crippen LogP contribution in [0.3, 0.4) is 0 Å². The molecule has 132 valence electrons. The summed E-state index contributed by atoms with van der Waals surface area (Å²) in [6.07, 6.45) is 11.2. The molecule has 0 fully saturated rings. The molecule has 0 bridgehead atoms. The maximum atomic E-state index is 11.4. The zero-order chi connectivity index (χ0) is 16.3. The molecule has 4 heteroatoms. The minimum absolute atomic E-state index is 0.108. The Bertz CT molecular complexity index is 231. The van der Waals surface area contributed by atoms with Gasteiger partial charge in [0.2, 0.25) is 0 Å². The molecule has 0 aliphatic heterocycles. The van der Waals surface area contributed by atoms with Crippen LogP contribution in [-0.4, -0.2) is 39.0 Å². The second-order valence-electron chi connectivity index (χ2n) is 5.67. The highest BCUT2D eigenvalue weighted by Crippen LogP contribution is 2.03. The summed E-state index contributed by atoms with van der Waals surface area (Å²) in [5.74, 6) is -0.108. The maximum absolute atomic E-state index is 11.4. The van der Waals surface area contributed by atoms with Gasteiger partial charge in [0.25, 0.3) is 0 Å². The standard InChI is InChI=1S/C18H36O4/c1-3-5-7-9-11-13-20-14-15-21-16-17-22-18(19)12-10-8-6-4-2/h3-17H2,1-2H3. The summed E-state index contributed by atoms with van der Waals surface area (Å²) in [4.78, 5) is 11.4. The molecule has 0 N–H and O–H groups in total. The molecular formula is C18H36O4. The first-order chi connectivity index (χ1) is 10.8. The lowest BCUT2D eigenvalue weighted by Gasteiger charge is -2.07. The van der Waals surface area contributed by atoms with Crippen LogP contribution in [0.1, 0.15) is 78.1 Å². The first kappa shape index (κ1) is 21.4. The number of unbranched alkanes of at least 4 members (excludes halogenated alkanes) is 7. The third-order valence-electron chi connectivity index (χ3n) is 3.49. The minimum atomic E-state index is -0.108. The molecule has 0 saturated heterocycles. The van der Waals surface area contributed by atoms with Crippen LogP contribution in [0.2, 0.25) is 0 Å². The van der Waals surface area contributed by atoms with Crippen molar-refractivity contribution in [3.8, 4) is 0 Å². The van der Waals surface area contributed by atoms with Crippen LogP contribution in [0.5, 0.6) is 0 Å². The lowest BCUT2D eigenvalue weighted by atomic mass is 10.2. The number of ether oxygens (including phenoxy) is 3. The predicted octanol–water partition coefficient (Wildman–Crippen LogP) is 4.50. The Hall–Kier alpha value is -0.610. The molecule has 0 rings (SSSR count). The summed E-state index contributed by atoms with van der Waals surface area (Å²) in [6.45, 7) is 7.20. The lowest BCUT2D eigenvalue weighted by molar-refractivity contribution is -0.145. The van der Waals surface area contributed by atoms with Crippen molar-refractivity contribution in [2.45, 2.75) is 78.1 Å². The van der Waals surface area contributed by atoms with Gasteiger partial charge in [-0.1, -0.05) is 58.8 Å². The SMILES string of the molecule is CCCCCCCOCCOCCOC(=O)CCCCCC. The Morgan fingerprint density at radius 1 is 0.636 bits per heavy atom. The quantitative estimate of drug-likeness (QED) is 0.293. The van der Waals surface area contributed by atoms with E-state index in [9.17, 15) is 4.79 Å². The van der Waals surface area contributed by atoms with Gasteiger partial charge in [-0.25, -0.2) is 0 Å². The Balaban J connectivity index is 3.08. The second kappa shape index (κ2) is 18.4. The third-order valence-corrected chi connectivity index (χ3v) is 3.49. The zero-order valence-corrected chi connectivity index (χ0v) is 14.7. The van der Waals surface area contributed by atoms with Crippen LogP contribution in [0, 0.1) is 0 Å². The van der Waals surface area contributed by atoms with Gasteiger partial charge in [-0.15, -0.1) is 0 Å². The molecule has 0 saturated carbocycles. The van der Waals surface area contributed by atoms with Gasteiger partial charge in [-0.05, 0) is 12.8 Å². The molecule has 0 aromatic carbocycles. The van der Waals surface area contributed by atoms with E-state index in [1.54, 1.807) is 0 Å². The van der Waals surface area contributed by atoms with Crippen molar-refractivity contribution in [2.75, 3.05) is 33.0 Å². The highest BCUT2D eigenvalue weighted by atomic mass is 16.6. The molecule has 0 radical (unpaired) electrons. The summed E-state index contributed by atoms with van der Waals surface area (Å²) in [7, 11) is 0. The molecule has 0 spiro atoms. The van der Waals surface area contributed by atoms with Crippen molar-refractivity contribution in [1.29, 1.82) is 0 Å². The molecule has 0 aromatic heterocycles. The van der Waals surface area contributed by atoms with E-state index in [1.165, 1.54) is 38.5 Å². The minimum Gasteiger partial charge on any atom is -0.463 e. The number of rotatable bonds is 17. The fraction of sp³-hybridized carbons (Fsp3) is 0.944. The zero-order valence-electron chi connectivity index (χ0n) is 14.7. The van der Waals surface area contributed by atoms with Gasteiger partial charge in [0.15, 0.2) is 0 Å². The highest BCUT2D eigenvalue weighted by Gasteiger charge is 2.01. The Labute approximate surface area is 136 Å². The fourth-order valence-electron chi connectivity index (χ4n) is 2.11.